The summed E-state index contributed by atoms with van der Waals surface area (Å²) < 4.78 is 0. The number of likely N-dealkylation sites (N-methyl/N-ethyl adjacent to an activating group) is 1. The van der Waals surface area contributed by atoms with Gasteiger partial charge in [-0.1, -0.05) is 39.8 Å². The van der Waals surface area contributed by atoms with Crippen LogP contribution < -0.4 is 5.32 Å². The largest absolute Gasteiger partial charge is 0.325 e. The van der Waals surface area contributed by atoms with Gasteiger partial charge in [0.15, 0.2) is 0 Å². The molecule has 3 nitrogen and oxygen atoms in total. The summed E-state index contributed by atoms with van der Waals surface area (Å²) in [6.45, 7) is 10.7. The Bertz CT molecular complexity index is 367. The highest BCUT2D eigenvalue weighted by molar-refractivity contribution is 5.92. The van der Waals surface area contributed by atoms with Crippen LogP contribution in [0.4, 0.5) is 5.69 Å². The molecule has 0 saturated heterocycles. The molecule has 1 aromatic carbocycles. The third-order valence-electron chi connectivity index (χ3n) is 3.12. The Labute approximate surface area is 110 Å². The molecule has 0 spiro atoms. The first-order chi connectivity index (χ1) is 8.56. The molecule has 0 aromatic heterocycles. The Kier molecular flexibility index (Phi) is 5.86. The van der Waals surface area contributed by atoms with Crippen LogP contribution in [0.3, 0.4) is 0 Å². The van der Waals surface area contributed by atoms with Gasteiger partial charge in [-0.05, 0) is 36.7 Å². The smallest absolute Gasteiger partial charge is 0.238 e. The maximum atomic E-state index is 11.8. The maximum absolute atomic E-state index is 11.8. The van der Waals surface area contributed by atoms with Gasteiger partial charge in [0.1, 0.15) is 0 Å². The second-order valence-electron chi connectivity index (χ2n) is 4.79. The zero-order chi connectivity index (χ0) is 13.5. The number of amides is 1. The van der Waals surface area contributed by atoms with Crippen LogP contribution >= 0.6 is 0 Å². The molecule has 0 aliphatic carbocycles. The van der Waals surface area contributed by atoms with Gasteiger partial charge in [-0.2, -0.15) is 0 Å². The highest BCUT2D eigenvalue weighted by atomic mass is 16.2. The van der Waals surface area contributed by atoms with Gasteiger partial charge in [0.25, 0.3) is 0 Å². The lowest BCUT2D eigenvalue weighted by Gasteiger charge is -2.17. The molecule has 0 aliphatic rings. The van der Waals surface area contributed by atoms with E-state index in [1.54, 1.807) is 0 Å². The predicted molar refractivity (Wildman–Crippen MR) is 76.9 cm³/mol. The molecule has 0 saturated carbocycles. The van der Waals surface area contributed by atoms with Gasteiger partial charge in [0.2, 0.25) is 5.91 Å². The monoisotopic (exact) mass is 248 g/mol. The Balaban J connectivity index is 2.54. The van der Waals surface area contributed by atoms with Gasteiger partial charge in [-0.25, -0.2) is 0 Å². The first kappa shape index (κ1) is 14.7. The number of hydrogen-bond donors (Lipinski definition) is 1. The third-order valence-corrected chi connectivity index (χ3v) is 3.12. The van der Waals surface area contributed by atoms with E-state index in [9.17, 15) is 4.79 Å². The molecule has 1 amide bonds. The van der Waals surface area contributed by atoms with Crippen LogP contribution in [0.5, 0.6) is 0 Å². The minimum atomic E-state index is 0.0518. The van der Waals surface area contributed by atoms with Crippen molar-refractivity contribution in [3.05, 3.63) is 29.8 Å². The molecule has 3 heteroatoms. The number of benzene rings is 1. The van der Waals surface area contributed by atoms with E-state index in [2.05, 4.69) is 50.0 Å². The standard InChI is InChI=1S/C15H24N2O/c1-5-17(6-2)11-15(18)16-14-9-7-13(8-10-14)12(3)4/h7-10,12H,5-6,11H2,1-4H3,(H,16,18). The molecule has 0 radical (unpaired) electrons. The van der Waals surface area contributed by atoms with E-state index < -0.39 is 0 Å². The summed E-state index contributed by atoms with van der Waals surface area (Å²) in [5, 5.41) is 2.93. The van der Waals surface area contributed by atoms with E-state index in [-0.39, 0.29) is 5.91 Å². The van der Waals surface area contributed by atoms with Crippen molar-refractivity contribution in [2.45, 2.75) is 33.6 Å². The van der Waals surface area contributed by atoms with Gasteiger partial charge >= 0.3 is 0 Å². The number of anilines is 1. The Morgan fingerprint density at radius 3 is 2.17 bits per heavy atom. The zero-order valence-electron chi connectivity index (χ0n) is 11.9. The molecule has 1 aromatic rings. The first-order valence-electron chi connectivity index (χ1n) is 6.69. The lowest BCUT2D eigenvalue weighted by atomic mass is 10.0. The van der Waals surface area contributed by atoms with Crippen molar-refractivity contribution in [3.8, 4) is 0 Å². The average Bonchev–Trinajstić information content (AvgIpc) is 2.36. The average molecular weight is 248 g/mol. The summed E-state index contributed by atoms with van der Waals surface area (Å²) in [4.78, 5) is 13.9. The van der Waals surface area contributed by atoms with Gasteiger partial charge in [0.05, 0.1) is 6.54 Å². The minimum absolute atomic E-state index is 0.0518. The summed E-state index contributed by atoms with van der Waals surface area (Å²) in [6.07, 6.45) is 0. The van der Waals surface area contributed by atoms with E-state index in [0.717, 1.165) is 18.8 Å². The van der Waals surface area contributed by atoms with Crippen LogP contribution in [-0.2, 0) is 4.79 Å². The molecule has 1 N–H and O–H groups in total. The number of rotatable bonds is 6. The molecule has 0 fully saturated rings. The highest BCUT2D eigenvalue weighted by Gasteiger charge is 2.07. The van der Waals surface area contributed by atoms with Crippen molar-refractivity contribution >= 4 is 11.6 Å². The molecule has 18 heavy (non-hydrogen) atoms. The molecule has 0 atom stereocenters. The fourth-order valence-corrected chi connectivity index (χ4v) is 1.80. The van der Waals surface area contributed by atoms with Crippen molar-refractivity contribution in [1.29, 1.82) is 0 Å². The van der Waals surface area contributed by atoms with E-state index >= 15 is 0 Å². The summed E-state index contributed by atoms with van der Waals surface area (Å²) >= 11 is 0. The fourth-order valence-electron chi connectivity index (χ4n) is 1.80. The van der Waals surface area contributed by atoms with Crippen molar-refractivity contribution in [2.24, 2.45) is 0 Å². The molecule has 0 bridgehead atoms. The number of carbonyl (C=O) groups excluding carboxylic acids is 1. The Morgan fingerprint density at radius 2 is 1.72 bits per heavy atom. The topological polar surface area (TPSA) is 32.3 Å². The van der Waals surface area contributed by atoms with E-state index in [0.29, 0.717) is 12.5 Å². The van der Waals surface area contributed by atoms with Crippen molar-refractivity contribution in [1.82, 2.24) is 4.90 Å². The van der Waals surface area contributed by atoms with Gasteiger partial charge in [-0.3, -0.25) is 9.69 Å². The highest BCUT2D eigenvalue weighted by Crippen LogP contribution is 2.16. The molecule has 0 unspecified atom stereocenters. The Morgan fingerprint density at radius 1 is 1.17 bits per heavy atom. The third kappa shape index (κ3) is 4.49. The number of carbonyl (C=O) groups is 1. The summed E-state index contributed by atoms with van der Waals surface area (Å²) in [5.41, 5.74) is 2.16. The van der Waals surface area contributed by atoms with Crippen molar-refractivity contribution in [2.75, 3.05) is 25.0 Å². The van der Waals surface area contributed by atoms with Crippen LogP contribution in [0.1, 0.15) is 39.2 Å². The van der Waals surface area contributed by atoms with Crippen molar-refractivity contribution in [3.63, 3.8) is 0 Å². The van der Waals surface area contributed by atoms with E-state index in [1.807, 2.05) is 12.1 Å². The number of nitrogens with zero attached hydrogens (tertiary/aromatic N) is 1. The summed E-state index contributed by atoms with van der Waals surface area (Å²) in [6, 6.07) is 8.07. The molecular formula is C15H24N2O. The number of hydrogen-bond acceptors (Lipinski definition) is 2. The van der Waals surface area contributed by atoms with Crippen molar-refractivity contribution < 1.29 is 4.79 Å². The predicted octanol–water partition coefficient (Wildman–Crippen LogP) is 3.09. The SMILES string of the molecule is CCN(CC)CC(=O)Nc1ccc(C(C)C)cc1. The Hall–Kier alpha value is -1.35. The molecule has 100 valence electrons. The maximum Gasteiger partial charge on any atom is 0.238 e. The molecule has 0 heterocycles. The summed E-state index contributed by atoms with van der Waals surface area (Å²) in [5.74, 6) is 0.571. The van der Waals surface area contributed by atoms with Crippen LogP contribution in [0, 0.1) is 0 Å². The van der Waals surface area contributed by atoms with Crippen LogP contribution in [0.25, 0.3) is 0 Å². The minimum Gasteiger partial charge on any atom is -0.325 e. The fraction of sp³-hybridized carbons (Fsp3) is 0.533. The van der Waals surface area contributed by atoms with E-state index in [4.69, 9.17) is 0 Å². The summed E-state index contributed by atoms with van der Waals surface area (Å²) in [7, 11) is 0. The van der Waals surface area contributed by atoms with Crippen LogP contribution in [0.15, 0.2) is 24.3 Å². The van der Waals surface area contributed by atoms with Gasteiger partial charge < -0.3 is 5.32 Å². The second kappa shape index (κ2) is 7.17. The van der Waals surface area contributed by atoms with Gasteiger partial charge in [-0.15, -0.1) is 0 Å². The quantitative estimate of drug-likeness (QED) is 0.839. The lowest BCUT2D eigenvalue weighted by molar-refractivity contribution is -0.117. The molecule has 1 rings (SSSR count). The molecular weight excluding hydrogens is 224 g/mol. The second-order valence-corrected chi connectivity index (χ2v) is 4.79. The van der Waals surface area contributed by atoms with E-state index in [1.165, 1.54) is 5.56 Å². The normalized spacial score (nSPS) is 11.0. The first-order valence-corrected chi connectivity index (χ1v) is 6.69. The van der Waals surface area contributed by atoms with Crippen LogP contribution in [0.2, 0.25) is 0 Å². The molecule has 0 aliphatic heterocycles. The zero-order valence-corrected chi connectivity index (χ0v) is 11.9. The van der Waals surface area contributed by atoms with Gasteiger partial charge in [0, 0.05) is 5.69 Å². The van der Waals surface area contributed by atoms with Crippen LogP contribution in [-0.4, -0.2) is 30.4 Å². The lowest BCUT2D eigenvalue weighted by Crippen LogP contribution is -2.32. The number of nitrogens with one attached hydrogen (secondary N) is 1.